The van der Waals surface area contributed by atoms with E-state index in [9.17, 15) is 50.8 Å². The van der Waals surface area contributed by atoms with Crippen LogP contribution in [0.2, 0.25) is 0 Å². The molecular formula is C48H40F6N4O7. The van der Waals surface area contributed by atoms with Crippen LogP contribution < -0.4 is 0 Å². The topological polar surface area (TPSA) is 175 Å². The zero-order valence-corrected chi connectivity index (χ0v) is 35.2. The van der Waals surface area contributed by atoms with Crippen LogP contribution in [0.3, 0.4) is 0 Å². The summed E-state index contributed by atoms with van der Waals surface area (Å²) in [4.78, 5) is 49.9. The molecule has 0 saturated carbocycles. The maximum Gasteiger partial charge on any atom is 0.416 e. The highest BCUT2D eigenvalue weighted by Gasteiger charge is 2.32. The van der Waals surface area contributed by atoms with E-state index < -0.39 is 53.7 Å². The lowest BCUT2D eigenvalue weighted by atomic mass is 10.0. The smallest absolute Gasteiger partial charge is 0.416 e. The second-order valence-corrected chi connectivity index (χ2v) is 14.1. The fourth-order valence-corrected chi connectivity index (χ4v) is 6.43. The second kappa shape index (κ2) is 21.9. The van der Waals surface area contributed by atoms with Crippen molar-refractivity contribution in [1.82, 2.24) is 9.55 Å². The molecule has 0 unspecified atom stereocenters. The Hall–Kier alpha value is -7.92. The number of H-pyrrole nitrogens is 1. The predicted molar refractivity (Wildman–Crippen MR) is 229 cm³/mol. The average molecular weight is 899 g/mol. The van der Waals surface area contributed by atoms with Crippen molar-refractivity contribution in [3.05, 3.63) is 153 Å². The summed E-state index contributed by atoms with van der Waals surface area (Å²) >= 11 is 0. The summed E-state index contributed by atoms with van der Waals surface area (Å²) in [5.41, 5.74) is 2.08. The summed E-state index contributed by atoms with van der Waals surface area (Å²) in [5, 5.41) is 28.3. The normalized spacial score (nSPS) is 11.6. The maximum atomic E-state index is 13.1. The molecule has 2 aromatic heterocycles. The van der Waals surface area contributed by atoms with E-state index in [0.717, 1.165) is 40.7 Å². The van der Waals surface area contributed by atoms with Gasteiger partial charge in [0.05, 0.1) is 42.7 Å². The molecule has 0 bridgehead atoms. The molecule has 65 heavy (non-hydrogen) atoms. The molecule has 17 heteroatoms. The summed E-state index contributed by atoms with van der Waals surface area (Å²) in [6.07, 6.45) is -3.50. The number of nitrogens with one attached hydrogen (secondary N) is 1. The van der Waals surface area contributed by atoms with Gasteiger partial charge < -0.3 is 19.6 Å². The Kier molecular flexibility index (Phi) is 16.8. The molecule has 0 aliphatic carbocycles. The lowest BCUT2D eigenvalue weighted by Crippen LogP contribution is -2.13. The third-order valence-corrected chi connectivity index (χ3v) is 9.10. The van der Waals surface area contributed by atoms with E-state index in [1.54, 1.807) is 50.4 Å². The summed E-state index contributed by atoms with van der Waals surface area (Å²) in [5.74, 6) is -2.97. The first-order valence-electron chi connectivity index (χ1n) is 19.5. The molecule has 0 amide bonds. The molecule has 6 rings (SSSR count). The highest BCUT2D eigenvalue weighted by molar-refractivity contribution is 6.04. The third kappa shape index (κ3) is 13.8. The van der Waals surface area contributed by atoms with Gasteiger partial charge in [-0.3, -0.25) is 14.2 Å². The zero-order chi connectivity index (χ0) is 48.1. The van der Waals surface area contributed by atoms with E-state index in [1.807, 2.05) is 30.3 Å². The van der Waals surface area contributed by atoms with Crippen LogP contribution in [0, 0.1) is 36.5 Å². The number of aromatic nitrogens is 2. The van der Waals surface area contributed by atoms with Crippen LogP contribution in [0.1, 0.15) is 63.1 Å². The van der Waals surface area contributed by atoms with Crippen LogP contribution >= 0.6 is 0 Å². The Morgan fingerprint density at radius 3 is 1.66 bits per heavy atom. The fourth-order valence-electron chi connectivity index (χ4n) is 6.43. The van der Waals surface area contributed by atoms with Crippen LogP contribution in [0.4, 0.5) is 26.3 Å². The number of hydrogen-bond acceptors (Lipinski definition) is 8. The van der Waals surface area contributed by atoms with Crippen molar-refractivity contribution >= 4 is 57.8 Å². The first kappa shape index (κ1) is 49.7. The van der Waals surface area contributed by atoms with Gasteiger partial charge in [-0.15, -0.1) is 0 Å². The van der Waals surface area contributed by atoms with Crippen molar-refractivity contribution in [3.8, 4) is 12.1 Å². The Morgan fingerprint density at radius 1 is 0.692 bits per heavy atom. The highest BCUT2D eigenvalue weighted by atomic mass is 19.4. The monoisotopic (exact) mass is 898 g/mol. The fraction of sp³-hybridized carbons (Fsp3) is 0.208. The van der Waals surface area contributed by atoms with Gasteiger partial charge in [-0.2, -0.15) is 36.9 Å². The minimum absolute atomic E-state index is 0.00148. The number of aryl methyl sites for hydroxylation is 2. The summed E-state index contributed by atoms with van der Waals surface area (Å²) in [6, 6.07) is 25.0. The number of carboxylic acid groups (broad SMARTS) is 1. The van der Waals surface area contributed by atoms with Crippen LogP contribution in [0.15, 0.2) is 108 Å². The maximum absolute atomic E-state index is 13.1. The number of esters is 2. The number of carboxylic acids is 1. The molecule has 0 atom stereocenters. The summed E-state index contributed by atoms with van der Waals surface area (Å²) in [6.45, 7) is 6.72. The average Bonchev–Trinajstić information content (AvgIpc) is 3.82. The molecule has 0 saturated heterocycles. The minimum atomic E-state index is -4.51. The number of aromatic amines is 1. The number of hydrogen-bond donors (Lipinski definition) is 2. The van der Waals surface area contributed by atoms with Crippen LogP contribution in [-0.4, -0.2) is 51.7 Å². The number of nitrogens with zero attached hydrogens (tertiary/aromatic N) is 3. The number of nitriles is 2. The number of rotatable bonds is 10. The van der Waals surface area contributed by atoms with Gasteiger partial charge in [0.15, 0.2) is 0 Å². The van der Waals surface area contributed by atoms with E-state index in [1.165, 1.54) is 48.9 Å². The quantitative estimate of drug-likeness (QED) is 0.0587. The molecule has 0 radical (unpaired) electrons. The Morgan fingerprint density at radius 2 is 1.17 bits per heavy atom. The van der Waals surface area contributed by atoms with Crippen molar-refractivity contribution in [2.24, 2.45) is 0 Å². The molecule has 336 valence electrons. The van der Waals surface area contributed by atoms with Gasteiger partial charge in [-0.1, -0.05) is 59.7 Å². The Bertz CT molecular complexity index is 2870. The van der Waals surface area contributed by atoms with Crippen molar-refractivity contribution in [3.63, 3.8) is 0 Å². The number of carbonyl (C=O) groups excluding carboxylic acids is 3. The molecule has 0 aliphatic rings. The van der Waals surface area contributed by atoms with E-state index in [4.69, 9.17) is 19.8 Å². The Labute approximate surface area is 368 Å². The van der Waals surface area contributed by atoms with Gasteiger partial charge in [-0.25, -0.2) is 9.59 Å². The number of para-hydroxylation sites is 2. The van der Waals surface area contributed by atoms with Gasteiger partial charge >= 0.3 is 30.3 Å². The minimum Gasteiger partial charge on any atom is -0.481 e. The molecule has 0 spiro atoms. The largest absolute Gasteiger partial charge is 0.481 e. The first-order valence-corrected chi connectivity index (χ1v) is 19.5. The van der Waals surface area contributed by atoms with Gasteiger partial charge in [0, 0.05) is 39.8 Å². The number of carbonyl (C=O) groups is 4. The van der Waals surface area contributed by atoms with Crippen molar-refractivity contribution in [2.45, 2.75) is 52.9 Å². The number of ether oxygens (including phenoxy) is 2. The van der Waals surface area contributed by atoms with Gasteiger partial charge in [0.1, 0.15) is 23.3 Å². The number of fused-ring (bicyclic) bond motifs is 2. The lowest BCUT2D eigenvalue weighted by Gasteiger charge is -2.11. The van der Waals surface area contributed by atoms with Gasteiger partial charge in [0.25, 0.3) is 0 Å². The van der Waals surface area contributed by atoms with E-state index in [0.29, 0.717) is 27.6 Å². The van der Waals surface area contributed by atoms with Crippen molar-refractivity contribution in [1.29, 1.82) is 10.5 Å². The molecule has 0 aliphatic heterocycles. The van der Waals surface area contributed by atoms with Gasteiger partial charge in [0.2, 0.25) is 5.91 Å². The molecule has 2 heterocycles. The standard InChI is InChI=1S/C24H19F3N2O3.C14H12N2O2.C10H9F3O2/c1-3-32-23(31)17(13-28)12-18-14-29(21-7-5-4-6-20(18)21)22(30)11-16-8-15(2)9-19(10-16)24(25,26)27;1-2-18-14(17)10(8-15)7-11-9-16-13-6-4-3-5-12(11)13;1-6-2-7(5-9(14)15)4-8(3-6)10(11,12)13/h4-10,12,14H,3,11H2,1-2H3;3-7,9,16H,2H2,1H3;2-4H,5H2,1H3,(H,14,15)/b17-12+;10-7+;. The van der Waals surface area contributed by atoms with E-state index in [2.05, 4.69) is 4.98 Å². The number of alkyl halides is 6. The van der Waals surface area contributed by atoms with E-state index >= 15 is 0 Å². The van der Waals surface area contributed by atoms with Crippen LogP contribution in [0.5, 0.6) is 0 Å². The van der Waals surface area contributed by atoms with Crippen LogP contribution in [0.25, 0.3) is 34.0 Å². The third-order valence-electron chi connectivity index (χ3n) is 9.10. The number of aliphatic carboxylic acids is 1. The van der Waals surface area contributed by atoms with Crippen molar-refractivity contribution in [2.75, 3.05) is 13.2 Å². The Balaban J connectivity index is 0.000000236. The van der Waals surface area contributed by atoms with E-state index in [-0.39, 0.29) is 41.9 Å². The molecule has 2 N–H and O–H groups in total. The molecule has 6 aromatic rings. The SMILES string of the molecule is CCOC(=O)/C(C#N)=C/c1c[nH]c2ccccc12.CCOC(=O)/C(C#N)=C/c1cn(C(=O)Cc2cc(C)cc(C(F)(F)F)c2)c2ccccc12.Cc1cc(CC(=O)O)cc(C(F)(F)F)c1. The molecule has 11 nitrogen and oxygen atoms in total. The predicted octanol–water partition coefficient (Wildman–Crippen LogP) is 10.6. The van der Waals surface area contributed by atoms with Crippen molar-refractivity contribution < 1.29 is 60.1 Å². The van der Waals surface area contributed by atoms with Crippen LogP contribution in [-0.2, 0) is 49.1 Å². The molecule has 0 fully saturated rings. The first-order chi connectivity index (χ1) is 30.7. The molecule has 4 aromatic carbocycles. The highest BCUT2D eigenvalue weighted by Crippen LogP contribution is 2.32. The summed E-state index contributed by atoms with van der Waals surface area (Å²) in [7, 11) is 0. The lowest BCUT2D eigenvalue weighted by molar-refractivity contribution is -0.138. The number of halogens is 6. The number of benzene rings is 4. The molecular weight excluding hydrogens is 859 g/mol. The zero-order valence-electron chi connectivity index (χ0n) is 35.2. The van der Waals surface area contributed by atoms with Gasteiger partial charge in [-0.05, 0) is 87.4 Å². The summed E-state index contributed by atoms with van der Waals surface area (Å²) < 4.78 is 87.4. The second-order valence-electron chi connectivity index (χ2n) is 14.1.